The molecule has 122 valence electrons. The van der Waals surface area contributed by atoms with E-state index in [0.29, 0.717) is 11.4 Å². The van der Waals surface area contributed by atoms with E-state index in [4.69, 9.17) is 11.6 Å². The molecule has 1 unspecified atom stereocenters. The van der Waals surface area contributed by atoms with Gasteiger partial charge < -0.3 is 5.32 Å². The van der Waals surface area contributed by atoms with Gasteiger partial charge in [0.25, 0.3) is 5.92 Å². The Morgan fingerprint density at radius 3 is 2.50 bits per heavy atom. The van der Waals surface area contributed by atoms with Crippen molar-refractivity contribution in [2.45, 2.75) is 50.1 Å². The van der Waals surface area contributed by atoms with Gasteiger partial charge in [-0.15, -0.1) is 0 Å². The molecule has 0 radical (unpaired) electrons. The maximum atomic E-state index is 13.9. The molecule has 5 heteroatoms. The van der Waals surface area contributed by atoms with Gasteiger partial charge >= 0.3 is 0 Å². The van der Waals surface area contributed by atoms with Gasteiger partial charge in [-0.05, 0) is 56.5 Å². The molecule has 2 aliphatic rings. The van der Waals surface area contributed by atoms with Gasteiger partial charge in [0.1, 0.15) is 0 Å². The van der Waals surface area contributed by atoms with E-state index in [1.165, 1.54) is 5.56 Å². The van der Waals surface area contributed by atoms with Crippen molar-refractivity contribution in [1.82, 2.24) is 10.2 Å². The third-order valence-corrected chi connectivity index (χ3v) is 5.14. The molecule has 2 heterocycles. The number of likely N-dealkylation sites (tertiary alicyclic amines) is 1. The Labute approximate surface area is 135 Å². The highest BCUT2D eigenvalue weighted by Crippen LogP contribution is 2.34. The number of hydrogen-bond acceptors (Lipinski definition) is 2. The molecule has 0 amide bonds. The van der Waals surface area contributed by atoms with Crippen molar-refractivity contribution in [2.75, 3.05) is 19.6 Å². The number of hydrogen-bond donors (Lipinski definition) is 1. The number of nitrogens with zero attached hydrogens (tertiary/aromatic N) is 1. The zero-order valence-electron chi connectivity index (χ0n) is 12.7. The first kappa shape index (κ1) is 16.2. The van der Waals surface area contributed by atoms with E-state index in [0.717, 1.165) is 32.4 Å². The molecule has 1 atom stereocenters. The Hall–Kier alpha value is -0.710. The van der Waals surface area contributed by atoms with Gasteiger partial charge in [-0.3, -0.25) is 4.90 Å². The number of piperidine rings is 2. The molecule has 2 saturated heterocycles. The fourth-order valence-electron chi connectivity index (χ4n) is 3.70. The summed E-state index contributed by atoms with van der Waals surface area (Å²) in [5.74, 6) is -2.54. The molecular weight excluding hydrogens is 306 g/mol. The van der Waals surface area contributed by atoms with Crippen LogP contribution in [0.5, 0.6) is 0 Å². The largest absolute Gasteiger partial charge is 0.317 e. The van der Waals surface area contributed by atoms with E-state index in [9.17, 15) is 8.78 Å². The Bertz CT molecular complexity index is 486. The van der Waals surface area contributed by atoms with Gasteiger partial charge in [0.15, 0.2) is 0 Å². The lowest BCUT2D eigenvalue weighted by molar-refractivity contribution is -0.0984. The monoisotopic (exact) mass is 328 g/mol. The topological polar surface area (TPSA) is 15.3 Å². The standard InChI is InChI=1S/C17H23ClF2N2/c18-14-3-1-13(2-4-14)11-16-5-8-17(19,20)12-22(16)15-6-9-21-10-7-15/h1-4,15-16,21H,5-12H2. The summed E-state index contributed by atoms with van der Waals surface area (Å²) >= 11 is 5.93. The van der Waals surface area contributed by atoms with Crippen molar-refractivity contribution in [2.24, 2.45) is 0 Å². The van der Waals surface area contributed by atoms with Crippen molar-refractivity contribution in [1.29, 1.82) is 0 Å². The van der Waals surface area contributed by atoms with Gasteiger partial charge in [0.2, 0.25) is 0 Å². The van der Waals surface area contributed by atoms with Crippen LogP contribution in [-0.2, 0) is 6.42 Å². The summed E-state index contributed by atoms with van der Waals surface area (Å²) in [5.41, 5.74) is 1.18. The van der Waals surface area contributed by atoms with Crippen LogP contribution in [-0.4, -0.2) is 42.5 Å². The fourth-order valence-corrected chi connectivity index (χ4v) is 3.82. The normalized spacial score (nSPS) is 27.0. The predicted molar refractivity (Wildman–Crippen MR) is 85.7 cm³/mol. The lowest BCUT2D eigenvalue weighted by Gasteiger charge is -2.45. The Kier molecular flexibility index (Phi) is 5.00. The molecule has 0 aliphatic carbocycles. The molecule has 0 spiro atoms. The summed E-state index contributed by atoms with van der Waals surface area (Å²) in [4.78, 5) is 2.08. The molecule has 3 rings (SSSR count). The number of alkyl halides is 2. The highest BCUT2D eigenvalue weighted by Gasteiger charge is 2.42. The molecule has 0 bridgehead atoms. The maximum Gasteiger partial charge on any atom is 0.260 e. The maximum absolute atomic E-state index is 13.9. The summed E-state index contributed by atoms with van der Waals surface area (Å²) in [6.45, 7) is 1.77. The molecule has 22 heavy (non-hydrogen) atoms. The zero-order valence-corrected chi connectivity index (χ0v) is 13.5. The third-order valence-electron chi connectivity index (χ3n) is 4.89. The summed E-state index contributed by atoms with van der Waals surface area (Å²) in [6.07, 6.45) is 3.34. The van der Waals surface area contributed by atoms with Crippen LogP contribution in [0.25, 0.3) is 0 Å². The van der Waals surface area contributed by atoms with Crippen molar-refractivity contribution in [3.05, 3.63) is 34.9 Å². The lowest BCUT2D eigenvalue weighted by Crippen LogP contribution is -2.56. The first-order chi connectivity index (χ1) is 10.5. The summed E-state index contributed by atoms with van der Waals surface area (Å²) < 4.78 is 27.8. The Morgan fingerprint density at radius 2 is 1.82 bits per heavy atom. The van der Waals surface area contributed by atoms with Gasteiger partial charge in [0, 0.05) is 23.5 Å². The Morgan fingerprint density at radius 1 is 1.14 bits per heavy atom. The van der Waals surface area contributed by atoms with E-state index in [-0.39, 0.29) is 25.0 Å². The SMILES string of the molecule is FC1(F)CCC(Cc2ccc(Cl)cc2)N(C2CCNCC2)C1. The minimum Gasteiger partial charge on any atom is -0.317 e. The van der Waals surface area contributed by atoms with Crippen LogP contribution >= 0.6 is 11.6 Å². The van der Waals surface area contributed by atoms with E-state index >= 15 is 0 Å². The van der Waals surface area contributed by atoms with Crippen LogP contribution in [0.15, 0.2) is 24.3 Å². The molecule has 1 aromatic rings. The van der Waals surface area contributed by atoms with Crippen LogP contribution in [0, 0.1) is 0 Å². The van der Waals surface area contributed by atoms with Crippen molar-refractivity contribution >= 4 is 11.6 Å². The van der Waals surface area contributed by atoms with Crippen molar-refractivity contribution in [3.63, 3.8) is 0 Å². The summed E-state index contributed by atoms with van der Waals surface area (Å²) in [5, 5.41) is 4.03. The average molecular weight is 329 g/mol. The minimum atomic E-state index is -2.54. The lowest BCUT2D eigenvalue weighted by atomic mass is 9.90. The number of halogens is 3. The smallest absolute Gasteiger partial charge is 0.260 e. The van der Waals surface area contributed by atoms with Crippen LogP contribution in [0.1, 0.15) is 31.2 Å². The minimum absolute atomic E-state index is 0.00667. The predicted octanol–water partition coefficient (Wildman–Crippen LogP) is 3.73. The number of benzene rings is 1. The molecule has 0 saturated carbocycles. The van der Waals surface area contributed by atoms with E-state index in [1.54, 1.807) is 0 Å². The molecule has 2 fully saturated rings. The second-order valence-electron chi connectivity index (χ2n) is 6.53. The van der Waals surface area contributed by atoms with E-state index < -0.39 is 5.92 Å². The third kappa shape index (κ3) is 3.98. The van der Waals surface area contributed by atoms with Gasteiger partial charge in [0.05, 0.1) is 6.54 Å². The highest BCUT2D eigenvalue weighted by molar-refractivity contribution is 6.30. The quantitative estimate of drug-likeness (QED) is 0.909. The first-order valence-electron chi connectivity index (χ1n) is 8.12. The van der Waals surface area contributed by atoms with Gasteiger partial charge in [-0.25, -0.2) is 8.78 Å². The second kappa shape index (κ2) is 6.81. The van der Waals surface area contributed by atoms with Crippen LogP contribution < -0.4 is 5.32 Å². The van der Waals surface area contributed by atoms with Crippen LogP contribution in [0.3, 0.4) is 0 Å². The van der Waals surface area contributed by atoms with Crippen molar-refractivity contribution in [3.8, 4) is 0 Å². The average Bonchev–Trinajstić information content (AvgIpc) is 2.52. The van der Waals surface area contributed by atoms with Gasteiger partial charge in [-0.2, -0.15) is 0 Å². The fraction of sp³-hybridized carbons (Fsp3) is 0.647. The Balaban J connectivity index is 1.73. The van der Waals surface area contributed by atoms with Gasteiger partial charge in [-0.1, -0.05) is 23.7 Å². The molecule has 2 nitrogen and oxygen atoms in total. The molecule has 2 aliphatic heterocycles. The highest BCUT2D eigenvalue weighted by atomic mass is 35.5. The summed E-state index contributed by atoms with van der Waals surface area (Å²) in [6, 6.07) is 8.27. The number of rotatable bonds is 3. The molecular formula is C17H23ClF2N2. The molecule has 0 aromatic heterocycles. The first-order valence-corrected chi connectivity index (χ1v) is 8.50. The second-order valence-corrected chi connectivity index (χ2v) is 6.97. The van der Waals surface area contributed by atoms with Crippen LogP contribution in [0.2, 0.25) is 5.02 Å². The van der Waals surface area contributed by atoms with E-state index in [1.807, 2.05) is 24.3 Å². The molecule has 1 N–H and O–H groups in total. The van der Waals surface area contributed by atoms with Crippen molar-refractivity contribution < 1.29 is 8.78 Å². The number of nitrogens with one attached hydrogen (secondary N) is 1. The van der Waals surface area contributed by atoms with Crippen LogP contribution in [0.4, 0.5) is 8.78 Å². The summed E-state index contributed by atoms with van der Waals surface area (Å²) in [7, 11) is 0. The van der Waals surface area contributed by atoms with E-state index in [2.05, 4.69) is 10.2 Å². The zero-order chi connectivity index (χ0) is 15.6. The molecule has 1 aromatic carbocycles.